The number of aliphatic hydroxyl groups excluding tert-OH is 1. The molecule has 1 unspecified atom stereocenters. The summed E-state index contributed by atoms with van der Waals surface area (Å²) >= 11 is 0. The number of aliphatic hydroxyl groups is 1. The lowest BCUT2D eigenvalue weighted by molar-refractivity contribution is 0.237. The van der Waals surface area contributed by atoms with E-state index in [1.54, 1.807) is 0 Å². The van der Waals surface area contributed by atoms with Gasteiger partial charge in [-0.05, 0) is 39.8 Å². The third kappa shape index (κ3) is 4.07. The number of nitrogens with zero attached hydrogens (tertiary/aromatic N) is 1. The third-order valence-corrected chi connectivity index (χ3v) is 2.77. The van der Waals surface area contributed by atoms with Gasteiger partial charge in [0, 0.05) is 25.2 Å². The van der Waals surface area contributed by atoms with Crippen LogP contribution in [0.1, 0.15) is 26.2 Å². The van der Waals surface area contributed by atoms with Crippen LogP contribution in [0, 0.1) is 0 Å². The van der Waals surface area contributed by atoms with E-state index in [1.165, 1.54) is 12.8 Å². The van der Waals surface area contributed by atoms with Crippen LogP contribution in [-0.4, -0.2) is 48.8 Å². The summed E-state index contributed by atoms with van der Waals surface area (Å²) in [6.45, 7) is 4.51. The van der Waals surface area contributed by atoms with Gasteiger partial charge in [-0.15, -0.1) is 0 Å². The van der Waals surface area contributed by atoms with Crippen molar-refractivity contribution in [2.45, 2.75) is 38.3 Å². The molecule has 1 fully saturated rings. The van der Waals surface area contributed by atoms with E-state index >= 15 is 0 Å². The molecule has 0 aromatic rings. The first-order chi connectivity index (χ1) is 6.25. The lowest BCUT2D eigenvalue weighted by Crippen LogP contribution is -2.39. The quantitative estimate of drug-likeness (QED) is 0.566. The molecule has 1 saturated carbocycles. The van der Waals surface area contributed by atoms with Crippen molar-refractivity contribution in [1.82, 2.24) is 10.2 Å². The van der Waals surface area contributed by atoms with Crippen LogP contribution in [0.3, 0.4) is 0 Å². The Morgan fingerprint density at radius 3 is 2.77 bits per heavy atom. The zero-order chi connectivity index (χ0) is 9.68. The first-order valence-corrected chi connectivity index (χ1v) is 5.29. The molecule has 1 aliphatic rings. The van der Waals surface area contributed by atoms with Crippen molar-refractivity contribution >= 4 is 0 Å². The molecule has 0 spiro atoms. The maximum Gasteiger partial charge on any atom is 0.0443 e. The SMILES string of the molecule is CC(CNCCCO)N(C)C1CC1. The van der Waals surface area contributed by atoms with Gasteiger partial charge in [0.25, 0.3) is 0 Å². The Hall–Kier alpha value is -0.120. The summed E-state index contributed by atoms with van der Waals surface area (Å²) in [4.78, 5) is 2.45. The summed E-state index contributed by atoms with van der Waals surface area (Å²) < 4.78 is 0. The molecular formula is C10H22N2O. The maximum absolute atomic E-state index is 8.59. The van der Waals surface area contributed by atoms with Crippen molar-refractivity contribution in [3.63, 3.8) is 0 Å². The third-order valence-electron chi connectivity index (χ3n) is 2.77. The van der Waals surface area contributed by atoms with E-state index in [4.69, 9.17) is 5.11 Å². The van der Waals surface area contributed by atoms with Gasteiger partial charge in [-0.2, -0.15) is 0 Å². The molecule has 0 aliphatic heterocycles. The van der Waals surface area contributed by atoms with Gasteiger partial charge in [0.05, 0.1) is 0 Å². The largest absolute Gasteiger partial charge is 0.396 e. The van der Waals surface area contributed by atoms with Crippen LogP contribution in [0.4, 0.5) is 0 Å². The average molecular weight is 186 g/mol. The fourth-order valence-corrected chi connectivity index (χ4v) is 1.50. The highest BCUT2D eigenvalue weighted by Gasteiger charge is 2.28. The molecule has 0 heterocycles. The molecule has 3 heteroatoms. The molecular weight excluding hydrogens is 164 g/mol. The first-order valence-electron chi connectivity index (χ1n) is 5.29. The minimum atomic E-state index is 0.292. The second-order valence-electron chi connectivity index (χ2n) is 4.03. The minimum Gasteiger partial charge on any atom is -0.396 e. The Bertz CT molecular complexity index is 137. The van der Waals surface area contributed by atoms with Crippen molar-refractivity contribution in [3.8, 4) is 0 Å². The molecule has 78 valence electrons. The van der Waals surface area contributed by atoms with Crippen LogP contribution in [0.15, 0.2) is 0 Å². The zero-order valence-electron chi connectivity index (χ0n) is 8.79. The van der Waals surface area contributed by atoms with Crippen LogP contribution in [0.25, 0.3) is 0 Å². The number of nitrogens with one attached hydrogen (secondary N) is 1. The molecule has 0 bridgehead atoms. The van der Waals surface area contributed by atoms with Gasteiger partial charge < -0.3 is 10.4 Å². The van der Waals surface area contributed by atoms with Gasteiger partial charge in [-0.1, -0.05) is 0 Å². The molecule has 0 radical (unpaired) electrons. The topological polar surface area (TPSA) is 35.5 Å². The van der Waals surface area contributed by atoms with Crippen LogP contribution < -0.4 is 5.32 Å². The smallest absolute Gasteiger partial charge is 0.0443 e. The van der Waals surface area contributed by atoms with E-state index in [-0.39, 0.29) is 0 Å². The highest BCUT2D eigenvalue weighted by Crippen LogP contribution is 2.26. The average Bonchev–Trinajstić information content (AvgIpc) is 2.94. The molecule has 13 heavy (non-hydrogen) atoms. The van der Waals surface area contributed by atoms with E-state index in [2.05, 4.69) is 24.2 Å². The number of hydrogen-bond acceptors (Lipinski definition) is 3. The van der Waals surface area contributed by atoms with Crippen molar-refractivity contribution in [3.05, 3.63) is 0 Å². The van der Waals surface area contributed by atoms with Crippen LogP contribution in [0.2, 0.25) is 0 Å². The van der Waals surface area contributed by atoms with Crippen molar-refractivity contribution in [2.75, 3.05) is 26.7 Å². The maximum atomic E-state index is 8.59. The Morgan fingerprint density at radius 1 is 1.54 bits per heavy atom. The highest BCUT2D eigenvalue weighted by molar-refractivity contribution is 4.85. The number of likely N-dealkylation sites (N-methyl/N-ethyl adjacent to an activating group) is 1. The van der Waals surface area contributed by atoms with E-state index in [0.29, 0.717) is 12.6 Å². The van der Waals surface area contributed by atoms with Gasteiger partial charge >= 0.3 is 0 Å². The van der Waals surface area contributed by atoms with Gasteiger partial charge in [0.15, 0.2) is 0 Å². The second-order valence-corrected chi connectivity index (χ2v) is 4.03. The molecule has 0 amide bonds. The van der Waals surface area contributed by atoms with Crippen molar-refractivity contribution < 1.29 is 5.11 Å². The predicted octanol–water partition coefficient (Wildman–Crippen LogP) is 0.441. The fraction of sp³-hybridized carbons (Fsp3) is 1.00. The summed E-state index contributed by atoms with van der Waals surface area (Å²) in [5, 5.41) is 11.9. The highest BCUT2D eigenvalue weighted by atomic mass is 16.3. The molecule has 0 aromatic carbocycles. The van der Waals surface area contributed by atoms with Crippen LogP contribution >= 0.6 is 0 Å². The van der Waals surface area contributed by atoms with Gasteiger partial charge in [-0.3, -0.25) is 4.90 Å². The van der Waals surface area contributed by atoms with Crippen LogP contribution in [-0.2, 0) is 0 Å². The Balaban J connectivity index is 1.99. The molecule has 0 aromatic heterocycles. The van der Waals surface area contributed by atoms with Crippen molar-refractivity contribution in [1.29, 1.82) is 0 Å². The lowest BCUT2D eigenvalue weighted by Gasteiger charge is -2.24. The molecule has 0 saturated heterocycles. The Labute approximate surface area is 81.1 Å². The summed E-state index contributed by atoms with van der Waals surface area (Å²) in [5.74, 6) is 0. The van der Waals surface area contributed by atoms with E-state index < -0.39 is 0 Å². The van der Waals surface area contributed by atoms with Crippen molar-refractivity contribution in [2.24, 2.45) is 0 Å². The Kier molecular flexibility index (Phi) is 4.70. The fourth-order valence-electron chi connectivity index (χ4n) is 1.50. The molecule has 1 rings (SSSR count). The van der Waals surface area contributed by atoms with Gasteiger partial charge in [0.2, 0.25) is 0 Å². The monoisotopic (exact) mass is 186 g/mol. The van der Waals surface area contributed by atoms with Gasteiger partial charge in [-0.25, -0.2) is 0 Å². The van der Waals surface area contributed by atoms with E-state index in [1.807, 2.05) is 0 Å². The molecule has 3 nitrogen and oxygen atoms in total. The summed E-state index contributed by atoms with van der Waals surface area (Å²) in [5.41, 5.74) is 0. The minimum absolute atomic E-state index is 0.292. The second kappa shape index (κ2) is 5.58. The Morgan fingerprint density at radius 2 is 2.23 bits per heavy atom. The van der Waals surface area contributed by atoms with E-state index in [0.717, 1.165) is 25.6 Å². The van der Waals surface area contributed by atoms with E-state index in [9.17, 15) is 0 Å². The normalized spacial score (nSPS) is 19.4. The summed E-state index contributed by atoms with van der Waals surface area (Å²) in [7, 11) is 2.20. The first kappa shape index (κ1) is 11.0. The van der Waals surface area contributed by atoms with Gasteiger partial charge in [0.1, 0.15) is 0 Å². The molecule has 1 aliphatic carbocycles. The van der Waals surface area contributed by atoms with Crippen LogP contribution in [0.5, 0.6) is 0 Å². The standard InChI is InChI=1S/C10H22N2O/c1-9(8-11-6-3-7-13)12(2)10-4-5-10/h9-11,13H,3-8H2,1-2H3. The summed E-state index contributed by atoms with van der Waals surface area (Å²) in [6, 6.07) is 1.46. The predicted molar refractivity (Wildman–Crippen MR) is 54.8 cm³/mol. The summed E-state index contributed by atoms with van der Waals surface area (Å²) in [6.07, 6.45) is 3.61. The molecule has 1 atom stereocenters. The lowest BCUT2D eigenvalue weighted by atomic mass is 10.3. The zero-order valence-corrected chi connectivity index (χ0v) is 8.79. The number of rotatable bonds is 7. The number of hydrogen-bond donors (Lipinski definition) is 2. The molecule has 2 N–H and O–H groups in total.